The smallest absolute Gasteiger partial charge is 0.316 e. The fourth-order valence-corrected chi connectivity index (χ4v) is 4.26. The van der Waals surface area contributed by atoms with Crippen LogP contribution in [0.3, 0.4) is 0 Å². The third-order valence-corrected chi connectivity index (χ3v) is 5.88. The quantitative estimate of drug-likeness (QED) is 0.762. The third kappa shape index (κ3) is 5.30. The van der Waals surface area contributed by atoms with Crippen LogP contribution in [-0.4, -0.2) is 42.7 Å². The molecule has 1 aromatic heterocycles. The van der Waals surface area contributed by atoms with Crippen molar-refractivity contribution in [3.05, 3.63) is 41.6 Å². The van der Waals surface area contributed by atoms with E-state index < -0.39 is 6.03 Å². The van der Waals surface area contributed by atoms with E-state index in [0.29, 0.717) is 18.4 Å². The van der Waals surface area contributed by atoms with Crippen molar-refractivity contribution in [2.24, 2.45) is 11.7 Å². The van der Waals surface area contributed by atoms with Gasteiger partial charge in [-0.2, -0.15) is 0 Å². The minimum atomic E-state index is -0.533. The number of aryl methyl sites for hydroxylation is 1. The topological polar surface area (TPSA) is 80.5 Å². The zero-order valence-corrected chi connectivity index (χ0v) is 18.4. The van der Waals surface area contributed by atoms with Gasteiger partial charge in [0, 0.05) is 17.8 Å². The number of hydrogen-bond donors (Lipinski definition) is 2. The lowest BCUT2D eigenvalue weighted by molar-refractivity contribution is 0.157. The Hall–Kier alpha value is -2.60. The van der Waals surface area contributed by atoms with Gasteiger partial charge in [-0.3, -0.25) is 0 Å². The maximum absolute atomic E-state index is 11.6. The lowest BCUT2D eigenvalue weighted by Crippen LogP contribution is -2.32. The molecule has 0 atom stereocenters. The number of piperidine rings is 1. The van der Waals surface area contributed by atoms with Gasteiger partial charge in [-0.15, -0.1) is 0 Å². The van der Waals surface area contributed by atoms with Crippen LogP contribution >= 0.6 is 0 Å². The number of anilines is 1. The highest BCUT2D eigenvalue weighted by Crippen LogP contribution is 2.38. The van der Waals surface area contributed by atoms with E-state index in [4.69, 9.17) is 10.5 Å². The lowest BCUT2D eigenvalue weighted by Gasteiger charge is -2.28. The standard InChI is InChI=1S/C22H28N4O2.C2H6/c1-26-11-8-15(9-12-26)14-28-20-13-17(7-10-24-20)19-6-5-16-3-2-4-18(16)21(19)25-22(23)27;1-2/h5-7,10,13,15H,2-4,8-9,11-12,14H2,1H3,(H3,23,25,27);1-2H3. The highest BCUT2D eigenvalue weighted by Gasteiger charge is 2.21. The van der Waals surface area contributed by atoms with Crippen LogP contribution in [0.25, 0.3) is 11.1 Å². The van der Waals surface area contributed by atoms with Crippen LogP contribution in [0, 0.1) is 5.92 Å². The van der Waals surface area contributed by atoms with E-state index in [0.717, 1.165) is 62.0 Å². The molecular formula is C24H34N4O2. The number of pyridine rings is 1. The van der Waals surface area contributed by atoms with Gasteiger partial charge in [0.15, 0.2) is 0 Å². The first-order valence-electron chi connectivity index (χ1n) is 11.1. The number of fused-ring (bicyclic) bond motifs is 1. The maximum Gasteiger partial charge on any atom is 0.316 e. The Morgan fingerprint density at radius 2 is 2.00 bits per heavy atom. The predicted octanol–water partition coefficient (Wildman–Crippen LogP) is 4.47. The van der Waals surface area contributed by atoms with Crippen molar-refractivity contribution in [1.29, 1.82) is 0 Å². The number of rotatable bonds is 5. The second kappa shape index (κ2) is 10.4. The van der Waals surface area contributed by atoms with Crippen molar-refractivity contribution in [3.8, 4) is 17.0 Å². The summed E-state index contributed by atoms with van der Waals surface area (Å²) in [6.07, 6.45) is 7.20. The van der Waals surface area contributed by atoms with Gasteiger partial charge in [0.25, 0.3) is 0 Å². The molecule has 2 aliphatic rings. The second-order valence-corrected chi connectivity index (χ2v) is 7.91. The molecule has 0 bridgehead atoms. The van der Waals surface area contributed by atoms with E-state index in [1.54, 1.807) is 6.20 Å². The first-order valence-corrected chi connectivity index (χ1v) is 11.1. The van der Waals surface area contributed by atoms with Crippen molar-refractivity contribution in [3.63, 3.8) is 0 Å². The van der Waals surface area contributed by atoms with Crippen LogP contribution in [0.15, 0.2) is 30.5 Å². The van der Waals surface area contributed by atoms with E-state index in [-0.39, 0.29) is 0 Å². The number of carbonyl (C=O) groups is 1. The Kier molecular flexibility index (Phi) is 7.69. The van der Waals surface area contributed by atoms with Gasteiger partial charge in [-0.25, -0.2) is 9.78 Å². The molecule has 6 nitrogen and oxygen atoms in total. The Morgan fingerprint density at radius 1 is 1.23 bits per heavy atom. The summed E-state index contributed by atoms with van der Waals surface area (Å²) in [6, 6.07) is 7.59. The number of urea groups is 1. The van der Waals surface area contributed by atoms with Crippen molar-refractivity contribution in [2.75, 3.05) is 32.1 Å². The number of primary amides is 1. The summed E-state index contributed by atoms with van der Waals surface area (Å²) < 4.78 is 6.01. The largest absolute Gasteiger partial charge is 0.477 e. The zero-order chi connectivity index (χ0) is 21.5. The van der Waals surface area contributed by atoms with Crippen molar-refractivity contribution < 1.29 is 9.53 Å². The van der Waals surface area contributed by atoms with Gasteiger partial charge in [-0.1, -0.05) is 26.0 Å². The number of likely N-dealkylation sites (tertiary alicyclic amines) is 1. The summed E-state index contributed by atoms with van der Waals surface area (Å²) in [5, 5.41) is 2.85. The Balaban J connectivity index is 0.00000124. The Bertz CT molecular complexity index is 860. The number of aromatic nitrogens is 1. The molecule has 6 heteroatoms. The Morgan fingerprint density at radius 3 is 2.73 bits per heavy atom. The van der Waals surface area contributed by atoms with E-state index in [2.05, 4.69) is 34.4 Å². The molecule has 30 heavy (non-hydrogen) atoms. The summed E-state index contributed by atoms with van der Waals surface area (Å²) >= 11 is 0. The normalized spacial score (nSPS) is 16.4. The number of carbonyl (C=O) groups excluding carboxylic acids is 1. The molecule has 1 aliphatic carbocycles. The average molecular weight is 411 g/mol. The van der Waals surface area contributed by atoms with E-state index in [9.17, 15) is 4.79 Å². The molecule has 162 valence electrons. The SMILES string of the molecule is CC.CN1CCC(COc2cc(-c3ccc4c(c3NC(N)=O)CCC4)ccn2)CC1. The summed E-state index contributed by atoms with van der Waals surface area (Å²) in [4.78, 5) is 18.3. The van der Waals surface area contributed by atoms with Crippen molar-refractivity contribution in [2.45, 2.75) is 46.0 Å². The van der Waals surface area contributed by atoms with Gasteiger partial charge in [0.1, 0.15) is 0 Å². The molecule has 1 fully saturated rings. The number of nitrogens with two attached hydrogens (primary N) is 1. The monoisotopic (exact) mass is 410 g/mol. The van der Waals surface area contributed by atoms with Gasteiger partial charge in [0.2, 0.25) is 5.88 Å². The first kappa shape index (κ1) is 22.1. The first-order chi connectivity index (χ1) is 14.6. The molecule has 0 unspecified atom stereocenters. The number of amides is 2. The molecular weight excluding hydrogens is 376 g/mol. The number of nitrogens with zero attached hydrogens (tertiary/aromatic N) is 2. The summed E-state index contributed by atoms with van der Waals surface area (Å²) in [5.74, 6) is 1.20. The molecule has 4 rings (SSSR count). The number of nitrogens with one attached hydrogen (secondary N) is 1. The van der Waals surface area contributed by atoms with Gasteiger partial charge in [0.05, 0.1) is 12.3 Å². The molecule has 2 heterocycles. The summed E-state index contributed by atoms with van der Waals surface area (Å²) in [5.41, 5.74) is 10.7. The van der Waals surface area contributed by atoms with Crippen LogP contribution in [0.4, 0.5) is 10.5 Å². The van der Waals surface area contributed by atoms with Crippen LogP contribution in [-0.2, 0) is 12.8 Å². The molecule has 2 aromatic rings. The summed E-state index contributed by atoms with van der Waals surface area (Å²) in [6.45, 7) is 6.94. The van der Waals surface area contributed by atoms with Crippen LogP contribution in [0.1, 0.15) is 44.2 Å². The predicted molar refractivity (Wildman–Crippen MR) is 122 cm³/mol. The number of hydrogen-bond acceptors (Lipinski definition) is 4. The van der Waals surface area contributed by atoms with E-state index in [1.807, 2.05) is 26.0 Å². The molecule has 1 aromatic carbocycles. The molecule has 3 N–H and O–H groups in total. The second-order valence-electron chi connectivity index (χ2n) is 7.91. The van der Waals surface area contributed by atoms with Crippen molar-refractivity contribution in [1.82, 2.24) is 9.88 Å². The van der Waals surface area contributed by atoms with Crippen molar-refractivity contribution >= 4 is 11.7 Å². The Labute approximate surface area is 179 Å². The molecule has 0 saturated carbocycles. The average Bonchev–Trinajstić information content (AvgIpc) is 3.24. The fourth-order valence-electron chi connectivity index (χ4n) is 4.26. The van der Waals surface area contributed by atoms with Crippen LogP contribution in [0.5, 0.6) is 5.88 Å². The highest BCUT2D eigenvalue weighted by molar-refractivity contribution is 5.95. The number of ether oxygens (including phenoxy) is 1. The highest BCUT2D eigenvalue weighted by atomic mass is 16.5. The minimum Gasteiger partial charge on any atom is -0.477 e. The van der Waals surface area contributed by atoms with Gasteiger partial charge in [-0.05, 0) is 80.9 Å². The van der Waals surface area contributed by atoms with E-state index >= 15 is 0 Å². The number of benzene rings is 1. The van der Waals surface area contributed by atoms with Crippen LogP contribution < -0.4 is 15.8 Å². The molecule has 1 saturated heterocycles. The van der Waals surface area contributed by atoms with Crippen LogP contribution in [0.2, 0.25) is 0 Å². The zero-order valence-electron chi connectivity index (χ0n) is 18.4. The maximum atomic E-state index is 11.6. The molecule has 0 spiro atoms. The molecule has 0 radical (unpaired) electrons. The molecule has 2 amide bonds. The van der Waals surface area contributed by atoms with E-state index in [1.165, 1.54) is 11.1 Å². The lowest BCUT2D eigenvalue weighted by atomic mass is 9.97. The minimum absolute atomic E-state index is 0.533. The third-order valence-electron chi connectivity index (χ3n) is 5.88. The van der Waals surface area contributed by atoms with Gasteiger partial charge >= 0.3 is 6.03 Å². The van der Waals surface area contributed by atoms with Gasteiger partial charge < -0.3 is 20.7 Å². The summed E-state index contributed by atoms with van der Waals surface area (Å²) in [7, 11) is 2.16. The molecule has 1 aliphatic heterocycles. The fraction of sp³-hybridized carbons (Fsp3) is 0.500.